The van der Waals surface area contributed by atoms with Crippen molar-refractivity contribution in [2.24, 2.45) is 0 Å². The van der Waals surface area contributed by atoms with E-state index in [1.165, 1.54) is 0 Å². The van der Waals surface area contributed by atoms with Gasteiger partial charge >= 0.3 is 0 Å². The topological polar surface area (TPSA) is 0 Å². The summed E-state index contributed by atoms with van der Waals surface area (Å²) in [6.45, 7) is 0. The van der Waals surface area contributed by atoms with Crippen LogP contribution in [0.1, 0.15) is 13.8 Å². The van der Waals surface area contributed by atoms with Crippen molar-refractivity contribution in [2.75, 3.05) is 0 Å². The predicted octanol–water partition coefficient (Wildman–Crippen LogP) is 1.76. The lowest BCUT2D eigenvalue weighted by molar-refractivity contribution is 1.45. The average molecular weight is 93.0 g/mol. The zero-order chi connectivity index (χ0) is 3.54. The Balaban J connectivity index is 0. The number of hydrogen-bond donors (Lipinski definition) is 0. The first-order valence-electron chi connectivity index (χ1n) is 1.82. The van der Waals surface area contributed by atoms with Gasteiger partial charge in [0.2, 0.25) is 0 Å². The van der Waals surface area contributed by atoms with Crippen LogP contribution in [0.5, 0.6) is 0 Å². The Morgan fingerprint density at radius 2 is 1.43 bits per heavy atom. The largest absolute Gasteiger partial charge is 0.0808 e. The Bertz CT molecular complexity index is 62.2. The van der Waals surface area contributed by atoms with Crippen molar-refractivity contribution in [3.8, 4) is 0 Å². The smallest absolute Gasteiger partial charge is 0 e. The summed E-state index contributed by atoms with van der Waals surface area (Å²) in [5.41, 5.74) is 0. The van der Waals surface area contributed by atoms with Crippen molar-refractivity contribution >= 4 is 8.41 Å². The molecule has 0 saturated carbocycles. The molecule has 37 valence electrons. The van der Waals surface area contributed by atoms with E-state index in [1.54, 1.807) is 0 Å². The maximum Gasteiger partial charge on any atom is 0 e. The molecule has 0 fully saturated rings. The first-order chi connectivity index (χ1) is 2.50. The van der Waals surface area contributed by atoms with Gasteiger partial charge in [-0.2, -0.15) is 0 Å². The van der Waals surface area contributed by atoms with E-state index in [0.29, 0.717) is 0 Å². The molecule has 0 aromatic rings. The molecule has 1 aliphatic carbocycles. The fourth-order valence-electron chi connectivity index (χ4n) is 0.393. The molecule has 0 amide bonds. The average Bonchev–Trinajstić information content (AvgIpc) is 1.76. The lowest BCUT2D eigenvalue weighted by Crippen LogP contribution is -1.37. The third-order valence-corrected chi connectivity index (χ3v) is 0.655. The second kappa shape index (κ2) is 5.54. The highest BCUT2D eigenvalue weighted by Crippen LogP contribution is 1.93. The molecule has 0 saturated heterocycles. The Hall–Kier alpha value is -0.455. The maximum absolute atomic E-state index is 2.12. The molecular formula is C6H10B. The molecule has 3 radical (unpaired) electrons. The molecule has 0 atom stereocenters. The fraction of sp³-hybridized carbons (Fsp3) is 0.333. The quantitative estimate of drug-likeness (QED) is 0.400. The zero-order valence-corrected chi connectivity index (χ0v) is 3.59. The van der Waals surface area contributed by atoms with Crippen LogP contribution >= 0.6 is 0 Å². The van der Waals surface area contributed by atoms with Crippen LogP contribution in [0.2, 0.25) is 0 Å². The first-order valence-corrected chi connectivity index (χ1v) is 1.82. The molecular weight excluding hydrogens is 82.9 g/mol. The molecule has 0 N–H and O–H groups in total. The van der Waals surface area contributed by atoms with Crippen LogP contribution in [0, 0.1) is 0 Å². The SMILES string of the molecule is C.C1=CCC=C1.[B]. The van der Waals surface area contributed by atoms with Crippen LogP contribution in [-0.2, 0) is 0 Å². The highest BCUT2D eigenvalue weighted by Gasteiger charge is 1.72. The van der Waals surface area contributed by atoms with Gasteiger partial charge in [0.05, 0.1) is 0 Å². The summed E-state index contributed by atoms with van der Waals surface area (Å²) in [5, 5.41) is 0. The minimum atomic E-state index is 0. The summed E-state index contributed by atoms with van der Waals surface area (Å²) >= 11 is 0. The minimum Gasteiger partial charge on any atom is -0.0808 e. The van der Waals surface area contributed by atoms with Crippen LogP contribution in [0.3, 0.4) is 0 Å². The van der Waals surface area contributed by atoms with Gasteiger partial charge in [-0.1, -0.05) is 31.7 Å². The summed E-state index contributed by atoms with van der Waals surface area (Å²) in [7, 11) is 0. The Morgan fingerprint density at radius 3 is 1.57 bits per heavy atom. The summed E-state index contributed by atoms with van der Waals surface area (Å²) in [5.74, 6) is 0. The lowest BCUT2D eigenvalue weighted by atomic mass is 10.5. The summed E-state index contributed by atoms with van der Waals surface area (Å²) in [4.78, 5) is 0. The van der Waals surface area contributed by atoms with Crippen molar-refractivity contribution in [1.82, 2.24) is 0 Å². The van der Waals surface area contributed by atoms with Crippen molar-refractivity contribution in [3.63, 3.8) is 0 Å². The molecule has 0 nitrogen and oxygen atoms in total. The Labute approximate surface area is 47.5 Å². The van der Waals surface area contributed by atoms with Gasteiger partial charge in [0.15, 0.2) is 0 Å². The molecule has 0 aliphatic heterocycles. The van der Waals surface area contributed by atoms with Crippen molar-refractivity contribution in [2.45, 2.75) is 13.8 Å². The molecule has 0 heterocycles. The molecule has 0 unspecified atom stereocenters. The Morgan fingerprint density at radius 1 is 1.00 bits per heavy atom. The molecule has 1 aliphatic rings. The maximum atomic E-state index is 2.12. The summed E-state index contributed by atoms with van der Waals surface area (Å²) in [6, 6.07) is 0. The fourth-order valence-corrected chi connectivity index (χ4v) is 0.393. The highest BCUT2D eigenvalue weighted by molar-refractivity contribution is 5.75. The summed E-state index contributed by atoms with van der Waals surface area (Å²) < 4.78 is 0. The minimum absolute atomic E-state index is 0. The van der Waals surface area contributed by atoms with Gasteiger partial charge in [-0.3, -0.25) is 0 Å². The van der Waals surface area contributed by atoms with E-state index in [9.17, 15) is 0 Å². The van der Waals surface area contributed by atoms with E-state index in [1.807, 2.05) is 0 Å². The number of hydrogen-bond acceptors (Lipinski definition) is 0. The lowest BCUT2D eigenvalue weighted by Gasteiger charge is -1.57. The van der Waals surface area contributed by atoms with E-state index in [0.717, 1.165) is 6.42 Å². The predicted molar refractivity (Wildman–Crippen MR) is 35.4 cm³/mol. The molecule has 0 aromatic heterocycles. The van der Waals surface area contributed by atoms with Crippen molar-refractivity contribution < 1.29 is 0 Å². The van der Waals surface area contributed by atoms with E-state index in [4.69, 9.17) is 0 Å². The standard InChI is InChI=1S/C5H6.CH4.B/c1-2-4-5-3-1;;/h1-4H,5H2;1H4;. The van der Waals surface area contributed by atoms with Gasteiger partial charge in [0.1, 0.15) is 0 Å². The van der Waals surface area contributed by atoms with Crippen LogP contribution < -0.4 is 0 Å². The van der Waals surface area contributed by atoms with Crippen molar-refractivity contribution in [3.05, 3.63) is 24.3 Å². The van der Waals surface area contributed by atoms with Gasteiger partial charge in [-0.05, 0) is 6.42 Å². The van der Waals surface area contributed by atoms with Gasteiger partial charge < -0.3 is 0 Å². The van der Waals surface area contributed by atoms with Gasteiger partial charge in [-0.25, -0.2) is 0 Å². The number of rotatable bonds is 0. The second-order valence-electron chi connectivity index (χ2n) is 1.09. The van der Waals surface area contributed by atoms with E-state index >= 15 is 0 Å². The monoisotopic (exact) mass is 93.1 g/mol. The third-order valence-electron chi connectivity index (χ3n) is 0.655. The van der Waals surface area contributed by atoms with Gasteiger partial charge in [0.25, 0.3) is 0 Å². The molecule has 0 spiro atoms. The molecule has 7 heavy (non-hydrogen) atoms. The number of allylic oxidation sites excluding steroid dienone is 4. The molecule has 0 aromatic carbocycles. The van der Waals surface area contributed by atoms with E-state index in [-0.39, 0.29) is 15.8 Å². The molecule has 1 rings (SSSR count). The van der Waals surface area contributed by atoms with Gasteiger partial charge in [-0.15, -0.1) is 0 Å². The Kier molecular flexibility index (Phi) is 7.72. The van der Waals surface area contributed by atoms with E-state index < -0.39 is 0 Å². The summed E-state index contributed by atoms with van der Waals surface area (Å²) in [6.07, 6.45) is 9.50. The highest BCUT2D eigenvalue weighted by atomic mass is 13.8. The van der Waals surface area contributed by atoms with Crippen LogP contribution in [0.4, 0.5) is 0 Å². The van der Waals surface area contributed by atoms with E-state index in [2.05, 4.69) is 24.3 Å². The van der Waals surface area contributed by atoms with Crippen LogP contribution in [-0.4, -0.2) is 8.41 Å². The zero-order valence-electron chi connectivity index (χ0n) is 3.59. The molecule has 0 bridgehead atoms. The normalized spacial score (nSPS) is 12.6. The van der Waals surface area contributed by atoms with Gasteiger partial charge in [0, 0.05) is 8.41 Å². The third kappa shape index (κ3) is 3.37. The molecule has 1 heteroatoms. The second-order valence-corrected chi connectivity index (χ2v) is 1.09. The van der Waals surface area contributed by atoms with Crippen LogP contribution in [0.25, 0.3) is 0 Å². The van der Waals surface area contributed by atoms with Crippen molar-refractivity contribution in [1.29, 1.82) is 0 Å². The first kappa shape index (κ1) is 9.74. The van der Waals surface area contributed by atoms with Crippen LogP contribution in [0.15, 0.2) is 24.3 Å².